The van der Waals surface area contributed by atoms with E-state index < -0.39 is 0 Å². The van der Waals surface area contributed by atoms with Crippen LogP contribution in [-0.2, 0) is 4.79 Å². The average molecular weight is 361 g/mol. The van der Waals surface area contributed by atoms with Crippen LogP contribution >= 0.6 is 0 Å². The monoisotopic (exact) mass is 361 g/mol. The van der Waals surface area contributed by atoms with E-state index in [1.165, 1.54) is 7.11 Å². The highest BCUT2D eigenvalue weighted by atomic mass is 16.5. The summed E-state index contributed by atoms with van der Waals surface area (Å²) >= 11 is 0. The summed E-state index contributed by atoms with van der Waals surface area (Å²) in [6.07, 6.45) is 0.667. The molecular formula is C22H19NO4. The van der Waals surface area contributed by atoms with E-state index >= 15 is 0 Å². The Hall–Kier alpha value is -3.60. The molecule has 0 aliphatic rings. The van der Waals surface area contributed by atoms with Gasteiger partial charge in [0, 0.05) is 11.3 Å². The fraction of sp³-hybridized carbons (Fsp3) is 0.0909. The van der Waals surface area contributed by atoms with Gasteiger partial charge in [0.05, 0.1) is 12.7 Å². The molecule has 0 aliphatic heterocycles. The number of rotatable bonds is 7. The van der Waals surface area contributed by atoms with E-state index in [-0.39, 0.29) is 12.5 Å². The Labute approximate surface area is 157 Å². The number of amides is 1. The van der Waals surface area contributed by atoms with Gasteiger partial charge in [0.1, 0.15) is 11.5 Å². The van der Waals surface area contributed by atoms with Crippen LogP contribution < -0.4 is 14.8 Å². The average Bonchev–Trinajstić information content (AvgIpc) is 2.73. The van der Waals surface area contributed by atoms with Crippen molar-refractivity contribution in [3.63, 3.8) is 0 Å². The molecule has 0 saturated heterocycles. The third-order valence-corrected chi connectivity index (χ3v) is 3.99. The van der Waals surface area contributed by atoms with Crippen LogP contribution in [0.15, 0.2) is 72.8 Å². The first-order chi connectivity index (χ1) is 13.2. The molecule has 3 aromatic rings. The summed E-state index contributed by atoms with van der Waals surface area (Å²) in [5.74, 6) is 0.564. The first kappa shape index (κ1) is 18.2. The van der Waals surface area contributed by atoms with E-state index in [2.05, 4.69) is 5.32 Å². The van der Waals surface area contributed by atoms with Crippen molar-refractivity contribution in [1.82, 2.24) is 0 Å². The maximum atomic E-state index is 12.3. The molecule has 5 heteroatoms. The predicted octanol–water partition coefficient (Wildman–Crippen LogP) is 4.19. The van der Waals surface area contributed by atoms with Crippen LogP contribution in [-0.4, -0.2) is 25.9 Å². The van der Waals surface area contributed by atoms with Gasteiger partial charge in [0.15, 0.2) is 12.9 Å². The quantitative estimate of drug-likeness (QED) is 0.641. The zero-order valence-electron chi connectivity index (χ0n) is 14.8. The van der Waals surface area contributed by atoms with E-state index in [0.29, 0.717) is 29.0 Å². The Bertz CT molecular complexity index is 938. The van der Waals surface area contributed by atoms with Gasteiger partial charge in [-0.05, 0) is 29.8 Å². The first-order valence-corrected chi connectivity index (χ1v) is 8.41. The molecule has 3 aromatic carbocycles. The van der Waals surface area contributed by atoms with Gasteiger partial charge < -0.3 is 14.8 Å². The summed E-state index contributed by atoms with van der Waals surface area (Å²) in [6.45, 7) is -0.212. The van der Waals surface area contributed by atoms with Crippen LogP contribution in [0.25, 0.3) is 11.1 Å². The number of benzene rings is 3. The van der Waals surface area contributed by atoms with E-state index in [0.717, 1.165) is 11.1 Å². The highest BCUT2D eigenvalue weighted by molar-refractivity contribution is 5.96. The SMILES string of the molecule is COc1ccc(OCC(=O)Nc2ccccc2-c2ccccc2)c(C=O)c1. The maximum Gasteiger partial charge on any atom is 0.262 e. The maximum absolute atomic E-state index is 12.3. The Kier molecular flexibility index (Phi) is 5.84. The predicted molar refractivity (Wildman–Crippen MR) is 104 cm³/mol. The summed E-state index contributed by atoms with van der Waals surface area (Å²) in [7, 11) is 1.52. The van der Waals surface area contributed by atoms with Crippen LogP contribution in [0.5, 0.6) is 11.5 Å². The molecule has 1 N–H and O–H groups in total. The van der Waals surface area contributed by atoms with Crippen LogP contribution in [0, 0.1) is 0 Å². The Morgan fingerprint density at radius 1 is 1.00 bits per heavy atom. The molecule has 0 bridgehead atoms. The number of nitrogens with one attached hydrogen (secondary N) is 1. The topological polar surface area (TPSA) is 64.6 Å². The van der Waals surface area contributed by atoms with Gasteiger partial charge in [0.2, 0.25) is 0 Å². The number of ether oxygens (including phenoxy) is 2. The normalized spacial score (nSPS) is 10.1. The number of carbonyl (C=O) groups is 2. The first-order valence-electron chi connectivity index (χ1n) is 8.41. The van der Waals surface area contributed by atoms with E-state index in [1.807, 2.05) is 54.6 Å². The molecule has 0 atom stereocenters. The Morgan fingerprint density at radius 3 is 2.48 bits per heavy atom. The lowest BCUT2D eigenvalue weighted by atomic mass is 10.0. The second-order valence-corrected chi connectivity index (χ2v) is 5.77. The van der Waals surface area contributed by atoms with Crippen molar-refractivity contribution in [3.05, 3.63) is 78.4 Å². The van der Waals surface area contributed by atoms with Gasteiger partial charge in [-0.2, -0.15) is 0 Å². The van der Waals surface area contributed by atoms with Crippen LogP contribution in [0.2, 0.25) is 0 Å². The van der Waals surface area contributed by atoms with Crippen LogP contribution in [0.4, 0.5) is 5.69 Å². The number of hydrogen-bond donors (Lipinski definition) is 1. The fourth-order valence-corrected chi connectivity index (χ4v) is 2.67. The number of methoxy groups -OCH3 is 1. The molecule has 5 nitrogen and oxygen atoms in total. The molecule has 0 spiro atoms. The molecule has 0 aromatic heterocycles. The molecular weight excluding hydrogens is 342 g/mol. The van der Waals surface area contributed by atoms with Crippen LogP contribution in [0.3, 0.4) is 0 Å². The molecule has 0 fully saturated rings. The molecule has 27 heavy (non-hydrogen) atoms. The number of carbonyl (C=O) groups excluding carboxylic acids is 2. The minimum atomic E-state index is -0.314. The smallest absolute Gasteiger partial charge is 0.262 e. The largest absolute Gasteiger partial charge is 0.497 e. The Morgan fingerprint density at radius 2 is 1.74 bits per heavy atom. The molecule has 0 radical (unpaired) electrons. The van der Waals surface area contributed by atoms with Crippen molar-refractivity contribution in [2.45, 2.75) is 0 Å². The zero-order chi connectivity index (χ0) is 19.1. The second-order valence-electron chi connectivity index (χ2n) is 5.77. The van der Waals surface area contributed by atoms with Gasteiger partial charge in [-0.1, -0.05) is 48.5 Å². The van der Waals surface area contributed by atoms with E-state index in [1.54, 1.807) is 18.2 Å². The van der Waals surface area contributed by atoms with Crippen molar-refractivity contribution in [3.8, 4) is 22.6 Å². The van der Waals surface area contributed by atoms with Crippen molar-refractivity contribution in [2.75, 3.05) is 19.0 Å². The van der Waals surface area contributed by atoms with E-state index in [4.69, 9.17) is 9.47 Å². The molecule has 0 unspecified atom stereocenters. The fourth-order valence-electron chi connectivity index (χ4n) is 2.67. The molecule has 1 amide bonds. The van der Waals surface area contributed by atoms with Crippen LogP contribution in [0.1, 0.15) is 10.4 Å². The minimum Gasteiger partial charge on any atom is -0.497 e. The lowest BCUT2D eigenvalue weighted by Gasteiger charge is -2.13. The molecule has 0 heterocycles. The molecule has 136 valence electrons. The number of anilines is 1. The number of para-hydroxylation sites is 1. The van der Waals surface area contributed by atoms with Gasteiger partial charge in [-0.3, -0.25) is 9.59 Å². The molecule has 0 aliphatic carbocycles. The van der Waals surface area contributed by atoms with Crippen molar-refractivity contribution in [1.29, 1.82) is 0 Å². The van der Waals surface area contributed by atoms with E-state index in [9.17, 15) is 9.59 Å². The lowest BCUT2D eigenvalue weighted by Crippen LogP contribution is -2.21. The minimum absolute atomic E-state index is 0.212. The van der Waals surface area contributed by atoms with Gasteiger partial charge >= 0.3 is 0 Å². The lowest BCUT2D eigenvalue weighted by molar-refractivity contribution is -0.118. The van der Waals surface area contributed by atoms with Gasteiger partial charge in [-0.15, -0.1) is 0 Å². The third-order valence-electron chi connectivity index (χ3n) is 3.99. The van der Waals surface area contributed by atoms with Crippen molar-refractivity contribution < 1.29 is 19.1 Å². The van der Waals surface area contributed by atoms with Crippen molar-refractivity contribution in [2.24, 2.45) is 0 Å². The highest BCUT2D eigenvalue weighted by Crippen LogP contribution is 2.27. The van der Waals surface area contributed by atoms with Gasteiger partial charge in [-0.25, -0.2) is 0 Å². The standard InChI is InChI=1S/C22H19NO4/c1-26-18-11-12-21(17(13-18)14-24)27-15-22(25)23-20-10-6-5-9-19(20)16-7-3-2-4-8-16/h2-14H,15H2,1H3,(H,23,25). The van der Waals surface area contributed by atoms with Crippen molar-refractivity contribution >= 4 is 17.9 Å². The number of aldehydes is 1. The highest BCUT2D eigenvalue weighted by Gasteiger charge is 2.11. The summed E-state index contributed by atoms with van der Waals surface area (Å²) < 4.78 is 10.6. The third kappa shape index (κ3) is 4.52. The summed E-state index contributed by atoms with van der Waals surface area (Å²) in [4.78, 5) is 23.5. The zero-order valence-corrected chi connectivity index (χ0v) is 14.8. The summed E-state index contributed by atoms with van der Waals surface area (Å²) in [6, 6.07) is 22.2. The van der Waals surface area contributed by atoms with Gasteiger partial charge in [0.25, 0.3) is 5.91 Å². The molecule has 3 rings (SSSR count). The summed E-state index contributed by atoms with van der Waals surface area (Å²) in [5.41, 5.74) is 2.95. The number of hydrogen-bond acceptors (Lipinski definition) is 4. The molecule has 0 saturated carbocycles. The second kappa shape index (κ2) is 8.67. The summed E-state index contributed by atoms with van der Waals surface area (Å²) in [5, 5.41) is 2.86. The Balaban J connectivity index is 1.70.